The van der Waals surface area contributed by atoms with Gasteiger partial charge >= 0.3 is 12.1 Å². The van der Waals surface area contributed by atoms with Crippen LogP contribution in [-0.4, -0.2) is 18.2 Å². The molecule has 0 heterocycles. The maximum absolute atomic E-state index is 13.0. The third-order valence-corrected chi connectivity index (χ3v) is 2.81. The zero-order chi connectivity index (χ0) is 16.3. The number of ether oxygens (including phenoxy) is 2. The predicted octanol–water partition coefficient (Wildman–Crippen LogP) is 4.20. The number of alkyl halides is 3. The molecule has 0 aromatic heterocycles. The Morgan fingerprint density at radius 1 is 1.09 bits per heavy atom. The van der Waals surface area contributed by atoms with Gasteiger partial charge < -0.3 is 14.6 Å². The van der Waals surface area contributed by atoms with Gasteiger partial charge in [0.15, 0.2) is 5.75 Å². The molecule has 0 radical (unpaired) electrons. The molecule has 0 aliphatic rings. The van der Waals surface area contributed by atoms with Crippen LogP contribution in [0.1, 0.15) is 15.9 Å². The number of hydrogen-bond acceptors (Lipinski definition) is 3. The second-order valence-corrected chi connectivity index (χ2v) is 4.27. The van der Waals surface area contributed by atoms with E-state index in [1.54, 1.807) is 6.07 Å². The van der Waals surface area contributed by atoms with E-state index in [9.17, 15) is 18.0 Å². The molecule has 0 aliphatic heterocycles. The topological polar surface area (TPSA) is 55.8 Å². The normalized spacial score (nSPS) is 11.1. The standard InChI is InChI=1S/C15H11F3O4/c1-21-9-4-2-5-10(8-9)22-13-11(14(19)20)6-3-7-12(13)15(16,17)18/h2-8H,1H3,(H,19,20). The lowest BCUT2D eigenvalue weighted by molar-refractivity contribution is -0.138. The Bertz CT molecular complexity index is 695. The van der Waals surface area contributed by atoms with Gasteiger partial charge in [0.05, 0.1) is 12.7 Å². The molecular weight excluding hydrogens is 301 g/mol. The van der Waals surface area contributed by atoms with Crippen LogP contribution in [0.15, 0.2) is 42.5 Å². The Kier molecular flexibility index (Phi) is 4.25. The molecule has 2 aromatic carbocycles. The highest BCUT2D eigenvalue weighted by molar-refractivity contribution is 5.91. The fraction of sp³-hybridized carbons (Fsp3) is 0.133. The van der Waals surface area contributed by atoms with Gasteiger partial charge in [-0.3, -0.25) is 0 Å². The van der Waals surface area contributed by atoms with Crippen LogP contribution in [0, 0.1) is 0 Å². The van der Waals surface area contributed by atoms with E-state index < -0.39 is 29.0 Å². The molecule has 2 rings (SSSR count). The molecule has 0 atom stereocenters. The molecule has 0 saturated carbocycles. The van der Waals surface area contributed by atoms with E-state index in [2.05, 4.69) is 0 Å². The number of carboxylic acids is 1. The summed E-state index contributed by atoms with van der Waals surface area (Å²) < 4.78 is 49.3. The Morgan fingerprint density at radius 2 is 1.73 bits per heavy atom. The predicted molar refractivity (Wildman–Crippen MR) is 71.5 cm³/mol. The summed E-state index contributed by atoms with van der Waals surface area (Å²) in [6, 6.07) is 8.70. The highest BCUT2D eigenvalue weighted by atomic mass is 19.4. The maximum atomic E-state index is 13.0. The SMILES string of the molecule is COc1cccc(Oc2c(C(=O)O)cccc2C(F)(F)F)c1. The van der Waals surface area contributed by atoms with Crippen molar-refractivity contribution in [3.05, 3.63) is 53.6 Å². The molecular formula is C15H11F3O4. The summed E-state index contributed by atoms with van der Waals surface area (Å²) in [5.74, 6) is -1.85. The van der Waals surface area contributed by atoms with Gasteiger partial charge in [-0.25, -0.2) is 4.79 Å². The molecule has 22 heavy (non-hydrogen) atoms. The minimum absolute atomic E-state index is 0.0403. The summed E-state index contributed by atoms with van der Waals surface area (Å²) in [6.45, 7) is 0. The van der Waals surface area contributed by atoms with Crippen LogP contribution in [-0.2, 0) is 6.18 Å². The number of benzene rings is 2. The van der Waals surface area contributed by atoms with Gasteiger partial charge in [0.25, 0.3) is 0 Å². The zero-order valence-corrected chi connectivity index (χ0v) is 11.3. The minimum atomic E-state index is -4.74. The van der Waals surface area contributed by atoms with Crippen molar-refractivity contribution in [2.24, 2.45) is 0 Å². The van der Waals surface area contributed by atoms with Crippen LogP contribution in [0.25, 0.3) is 0 Å². The van der Waals surface area contributed by atoms with E-state index in [1.807, 2.05) is 0 Å². The molecule has 0 spiro atoms. The summed E-state index contributed by atoms with van der Waals surface area (Å²) in [5, 5.41) is 9.06. The van der Waals surface area contributed by atoms with Crippen molar-refractivity contribution in [3.63, 3.8) is 0 Å². The molecule has 116 valence electrons. The number of para-hydroxylation sites is 1. The Labute approximate surface area is 123 Å². The smallest absolute Gasteiger partial charge is 0.420 e. The summed E-state index contributed by atoms with van der Waals surface area (Å²) in [6.07, 6.45) is -4.74. The average Bonchev–Trinajstić information content (AvgIpc) is 2.46. The molecule has 4 nitrogen and oxygen atoms in total. The van der Waals surface area contributed by atoms with Crippen LogP contribution in [0.4, 0.5) is 13.2 Å². The minimum Gasteiger partial charge on any atom is -0.497 e. The first-order valence-electron chi connectivity index (χ1n) is 6.08. The average molecular weight is 312 g/mol. The van der Waals surface area contributed by atoms with Gasteiger partial charge in [-0.15, -0.1) is 0 Å². The fourth-order valence-electron chi connectivity index (χ4n) is 1.82. The van der Waals surface area contributed by atoms with Gasteiger partial charge in [0, 0.05) is 6.07 Å². The summed E-state index contributed by atoms with van der Waals surface area (Å²) in [7, 11) is 1.39. The number of carboxylic acid groups (broad SMARTS) is 1. The quantitative estimate of drug-likeness (QED) is 0.919. The lowest BCUT2D eigenvalue weighted by Crippen LogP contribution is -2.11. The van der Waals surface area contributed by atoms with Crippen LogP contribution in [0.3, 0.4) is 0 Å². The van der Waals surface area contributed by atoms with Gasteiger partial charge in [-0.2, -0.15) is 13.2 Å². The molecule has 0 saturated heterocycles. The lowest BCUT2D eigenvalue weighted by Gasteiger charge is -2.16. The van der Waals surface area contributed by atoms with E-state index in [0.717, 1.165) is 18.2 Å². The third kappa shape index (κ3) is 3.30. The second-order valence-electron chi connectivity index (χ2n) is 4.27. The molecule has 0 unspecified atom stereocenters. The van der Waals surface area contributed by atoms with Crippen LogP contribution >= 0.6 is 0 Å². The molecule has 0 aliphatic carbocycles. The van der Waals surface area contributed by atoms with Crippen LogP contribution in [0.5, 0.6) is 17.2 Å². The van der Waals surface area contributed by atoms with Crippen molar-refractivity contribution in [3.8, 4) is 17.2 Å². The van der Waals surface area contributed by atoms with Gasteiger partial charge in [-0.1, -0.05) is 12.1 Å². The number of carbonyl (C=O) groups is 1. The first-order valence-corrected chi connectivity index (χ1v) is 6.08. The van der Waals surface area contributed by atoms with E-state index in [0.29, 0.717) is 5.75 Å². The molecule has 2 aromatic rings. The van der Waals surface area contributed by atoms with Crippen molar-refractivity contribution in [1.29, 1.82) is 0 Å². The maximum Gasteiger partial charge on any atom is 0.420 e. The summed E-state index contributed by atoms with van der Waals surface area (Å²) in [4.78, 5) is 11.1. The highest BCUT2D eigenvalue weighted by Gasteiger charge is 2.36. The summed E-state index contributed by atoms with van der Waals surface area (Å²) in [5.41, 5.74) is -1.73. The Morgan fingerprint density at radius 3 is 2.32 bits per heavy atom. The van der Waals surface area contributed by atoms with E-state index in [-0.39, 0.29) is 5.75 Å². The van der Waals surface area contributed by atoms with Crippen LogP contribution < -0.4 is 9.47 Å². The van der Waals surface area contributed by atoms with Crippen LogP contribution in [0.2, 0.25) is 0 Å². The number of halogens is 3. The zero-order valence-electron chi connectivity index (χ0n) is 11.3. The van der Waals surface area contributed by atoms with Gasteiger partial charge in [-0.05, 0) is 24.3 Å². The van der Waals surface area contributed by atoms with Crippen molar-refractivity contribution in [2.45, 2.75) is 6.18 Å². The number of rotatable bonds is 4. The first kappa shape index (κ1) is 15.7. The molecule has 0 bridgehead atoms. The fourth-order valence-corrected chi connectivity index (χ4v) is 1.82. The van der Waals surface area contributed by atoms with E-state index >= 15 is 0 Å². The number of aromatic carboxylic acids is 1. The van der Waals surface area contributed by atoms with Crippen molar-refractivity contribution >= 4 is 5.97 Å². The Hall–Kier alpha value is -2.70. The largest absolute Gasteiger partial charge is 0.497 e. The van der Waals surface area contributed by atoms with E-state index in [4.69, 9.17) is 14.6 Å². The summed E-state index contributed by atoms with van der Waals surface area (Å²) >= 11 is 0. The van der Waals surface area contributed by atoms with Gasteiger partial charge in [0.2, 0.25) is 0 Å². The first-order chi connectivity index (χ1) is 10.3. The number of hydrogen-bond donors (Lipinski definition) is 1. The third-order valence-electron chi connectivity index (χ3n) is 2.81. The molecule has 0 amide bonds. The lowest BCUT2D eigenvalue weighted by atomic mass is 10.1. The van der Waals surface area contributed by atoms with Crippen molar-refractivity contribution < 1.29 is 32.5 Å². The van der Waals surface area contributed by atoms with Crippen molar-refractivity contribution in [2.75, 3.05) is 7.11 Å². The monoisotopic (exact) mass is 312 g/mol. The van der Waals surface area contributed by atoms with Gasteiger partial charge in [0.1, 0.15) is 17.1 Å². The van der Waals surface area contributed by atoms with E-state index in [1.165, 1.54) is 25.3 Å². The van der Waals surface area contributed by atoms with Crippen molar-refractivity contribution in [1.82, 2.24) is 0 Å². The molecule has 1 N–H and O–H groups in total. The highest BCUT2D eigenvalue weighted by Crippen LogP contribution is 2.40. The second kappa shape index (κ2) is 5.97. The Balaban J connectivity index is 2.54. The molecule has 0 fully saturated rings. The number of methoxy groups -OCH3 is 1. The molecule has 7 heteroatoms.